The molecule has 3 rings (SSSR count). The van der Waals surface area contributed by atoms with E-state index in [1.807, 2.05) is 6.07 Å². The molecule has 0 aliphatic carbocycles. The van der Waals surface area contributed by atoms with E-state index < -0.39 is 0 Å². The summed E-state index contributed by atoms with van der Waals surface area (Å²) in [5.41, 5.74) is 11.0. The zero-order valence-corrected chi connectivity index (χ0v) is 10.5. The van der Waals surface area contributed by atoms with E-state index in [4.69, 9.17) is 5.73 Å². The molecule has 0 saturated carbocycles. The van der Waals surface area contributed by atoms with Crippen LogP contribution in [0.15, 0.2) is 48.5 Å². The van der Waals surface area contributed by atoms with E-state index in [1.54, 1.807) is 0 Å². The highest BCUT2D eigenvalue weighted by Crippen LogP contribution is 2.31. The van der Waals surface area contributed by atoms with Crippen molar-refractivity contribution in [1.82, 2.24) is 0 Å². The third-order valence-electron chi connectivity index (χ3n) is 3.67. The van der Waals surface area contributed by atoms with Crippen LogP contribution in [0, 0.1) is 0 Å². The fraction of sp³-hybridized carbons (Fsp3) is 0.250. The molecule has 2 aromatic rings. The van der Waals surface area contributed by atoms with Crippen molar-refractivity contribution in [3.8, 4) is 0 Å². The molecule has 0 aromatic heterocycles. The van der Waals surface area contributed by atoms with Crippen molar-refractivity contribution in [1.29, 1.82) is 0 Å². The first-order chi connectivity index (χ1) is 8.84. The largest absolute Gasteiger partial charge is 0.398 e. The van der Waals surface area contributed by atoms with E-state index in [0.29, 0.717) is 0 Å². The van der Waals surface area contributed by atoms with E-state index >= 15 is 0 Å². The van der Waals surface area contributed by atoms with Gasteiger partial charge in [-0.05, 0) is 30.5 Å². The second kappa shape index (κ2) is 4.73. The van der Waals surface area contributed by atoms with Gasteiger partial charge in [-0.15, -0.1) is 0 Å². The van der Waals surface area contributed by atoms with Gasteiger partial charge in [0.15, 0.2) is 0 Å². The fourth-order valence-electron chi connectivity index (χ4n) is 2.67. The van der Waals surface area contributed by atoms with Crippen molar-refractivity contribution in [2.45, 2.75) is 12.8 Å². The van der Waals surface area contributed by atoms with Crippen LogP contribution >= 0.6 is 0 Å². The fourth-order valence-corrected chi connectivity index (χ4v) is 2.67. The van der Waals surface area contributed by atoms with Crippen molar-refractivity contribution in [2.75, 3.05) is 23.7 Å². The van der Waals surface area contributed by atoms with Crippen molar-refractivity contribution in [3.63, 3.8) is 0 Å². The lowest BCUT2D eigenvalue weighted by Gasteiger charge is -2.19. The SMILES string of the molecule is Nc1cccc2c1CCN2CCc1ccccc1. The zero-order valence-electron chi connectivity index (χ0n) is 10.5. The van der Waals surface area contributed by atoms with Crippen LogP contribution in [0.2, 0.25) is 0 Å². The molecule has 18 heavy (non-hydrogen) atoms. The zero-order chi connectivity index (χ0) is 12.4. The van der Waals surface area contributed by atoms with Crippen LogP contribution in [0.5, 0.6) is 0 Å². The van der Waals surface area contributed by atoms with Crippen LogP contribution in [-0.2, 0) is 12.8 Å². The maximum atomic E-state index is 6.01. The second-order valence-corrected chi connectivity index (χ2v) is 4.82. The Morgan fingerprint density at radius 2 is 1.83 bits per heavy atom. The van der Waals surface area contributed by atoms with Crippen LogP contribution in [0.3, 0.4) is 0 Å². The number of hydrogen-bond acceptors (Lipinski definition) is 2. The summed E-state index contributed by atoms with van der Waals surface area (Å²) in [5.74, 6) is 0. The summed E-state index contributed by atoms with van der Waals surface area (Å²) in [4.78, 5) is 2.44. The van der Waals surface area contributed by atoms with E-state index in [1.165, 1.54) is 16.8 Å². The smallest absolute Gasteiger partial charge is 0.0420 e. The maximum Gasteiger partial charge on any atom is 0.0420 e. The van der Waals surface area contributed by atoms with Gasteiger partial charge < -0.3 is 10.6 Å². The van der Waals surface area contributed by atoms with Gasteiger partial charge in [-0.25, -0.2) is 0 Å². The molecule has 0 saturated heterocycles. The Morgan fingerprint density at radius 1 is 1.00 bits per heavy atom. The van der Waals surface area contributed by atoms with E-state index in [-0.39, 0.29) is 0 Å². The number of rotatable bonds is 3. The predicted molar refractivity (Wildman–Crippen MR) is 76.9 cm³/mol. The number of hydrogen-bond donors (Lipinski definition) is 1. The molecule has 0 radical (unpaired) electrons. The minimum Gasteiger partial charge on any atom is -0.398 e. The van der Waals surface area contributed by atoms with Crippen molar-refractivity contribution >= 4 is 11.4 Å². The van der Waals surface area contributed by atoms with Gasteiger partial charge in [0.05, 0.1) is 0 Å². The molecule has 2 N–H and O–H groups in total. The van der Waals surface area contributed by atoms with Crippen molar-refractivity contribution in [3.05, 3.63) is 59.7 Å². The molecule has 92 valence electrons. The number of nitrogens with zero attached hydrogens (tertiary/aromatic N) is 1. The lowest BCUT2D eigenvalue weighted by molar-refractivity contribution is 0.813. The Hall–Kier alpha value is -1.96. The molecule has 1 heterocycles. The Labute approximate surface area is 108 Å². The minimum atomic E-state index is 0.940. The Balaban J connectivity index is 1.72. The van der Waals surface area contributed by atoms with Crippen LogP contribution < -0.4 is 10.6 Å². The van der Waals surface area contributed by atoms with Crippen LogP contribution in [0.1, 0.15) is 11.1 Å². The highest BCUT2D eigenvalue weighted by atomic mass is 15.1. The highest BCUT2D eigenvalue weighted by Gasteiger charge is 2.19. The lowest BCUT2D eigenvalue weighted by atomic mass is 10.1. The standard InChI is InChI=1S/C16H18N2/c17-15-7-4-8-16-14(15)10-12-18(16)11-9-13-5-2-1-3-6-13/h1-8H,9-12,17H2. The molecule has 1 aliphatic rings. The van der Waals surface area contributed by atoms with Gasteiger partial charge in [0.2, 0.25) is 0 Å². The van der Waals surface area contributed by atoms with E-state index in [2.05, 4.69) is 47.4 Å². The quantitative estimate of drug-likeness (QED) is 0.833. The predicted octanol–water partition coefficient (Wildman–Crippen LogP) is 2.87. The molecule has 2 aromatic carbocycles. The minimum absolute atomic E-state index is 0.940. The Kier molecular flexibility index (Phi) is 2.93. The molecular weight excluding hydrogens is 220 g/mol. The van der Waals surface area contributed by atoms with Gasteiger partial charge in [-0.1, -0.05) is 36.4 Å². The summed E-state index contributed by atoms with van der Waals surface area (Å²) < 4.78 is 0. The van der Waals surface area contributed by atoms with E-state index in [0.717, 1.165) is 31.6 Å². The second-order valence-electron chi connectivity index (χ2n) is 4.82. The van der Waals surface area contributed by atoms with Crippen LogP contribution in [-0.4, -0.2) is 13.1 Å². The Morgan fingerprint density at radius 3 is 2.67 bits per heavy atom. The number of nitrogens with two attached hydrogens (primary N) is 1. The molecule has 0 fully saturated rings. The molecule has 0 amide bonds. The van der Waals surface area contributed by atoms with Gasteiger partial charge >= 0.3 is 0 Å². The molecule has 1 aliphatic heterocycles. The maximum absolute atomic E-state index is 6.01. The summed E-state index contributed by atoms with van der Waals surface area (Å²) in [5, 5.41) is 0. The number of nitrogen functional groups attached to an aromatic ring is 1. The van der Waals surface area contributed by atoms with Gasteiger partial charge in [-0.2, -0.15) is 0 Å². The molecule has 0 atom stereocenters. The van der Waals surface area contributed by atoms with Crippen molar-refractivity contribution in [2.24, 2.45) is 0 Å². The van der Waals surface area contributed by atoms with Gasteiger partial charge in [-0.3, -0.25) is 0 Å². The van der Waals surface area contributed by atoms with Crippen molar-refractivity contribution < 1.29 is 0 Å². The summed E-state index contributed by atoms with van der Waals surface area (Å²) in [6.07, 6.45) is 2.17. The average Bonchev–Trinajstić information content (AvgIpc) is 2.82. The summed E-state index contributed by atoms with van der Waals surface area (Å²) >= 11 is 0. The summed E-state index contributed by atoms with van der Waals surface area (Å²) in [6.45, 7) is 2.16. The number of anilines is 2. The first-order valence-corrected chi connectivity index (χ1v) is 6.51. The van der Waals surface area contributed by atoms with Crippen LogP contribution in [0.25, 0.3) is 0 Å². The molecule has 0 spiro atoms. The molecule has 2 heteroatoms. The van der Waals surface area contributed by atoms with Crippen LogP contribution in [0.4, 0.5) is 11.4 Å². The summed E-state index contributed by atoms with van der Waals surface area (Å²) in [6, 6.07) is 16.9. The first kappa shape index (κ1) is 11.1. The number of fused-ring (bicyclic) bond motifs is 1. The normalized spacial score (nSPS) is 13.7. The molecule has 2 nitrogen and oxygen atoms in total. The van der Waals surface area contributed by atoms with Gasteiger partial charge in [0.1, 0.15) is 0 Å². The highest BCUT2D eigenvalue weighted by molar-refractivity contribution is 5.68. The molecule has 0 unspecified atom stereocenters. The van der Waals surface area contributed by atoms with Gasteiger partial charge in [0, 0.05) is 30.0 Å². The topological polar surface area (TPSA) is 29.3 Å². The first-order valence-electron chi connectivity index (χ1n) is 6.51. The third kappa shape index (κ3) is 2.06. The lowest BCUT2D eigenvalue weighted by Crippen LogP contribution is -2.23. The van der Waals surface area contributed by atoms with Gasteiger partial charge in [0.25, 0.3) is 0 Å². The Bertz CT molecular complexity index is 534. The third-order valence-corrected chi connectivity index (χ3v) is 3.67. The van der Waals surface area contributed by atoms with E-state index in [9.17, 15) is 0 Å². The summed E-state index contributed by atoms with van der Waals surface area (Å²) in [7, 11) is 0. The molecule has 0 bridgehead atoms. The monoisotopic (exact) mass is 238 g/mol. The average molecular weight is 238 g/mol. The molecular formula is C16H18N2. The number of benzene rings is 2.